The lowest BCUT2D eigenvalue weighted by atomic mass is 10.3. The van der Waals surface area contributed by atoms with Gasteiger partial charge in [0, 0.05) is 12.4 Å². The summed E-state index contributed by atoms with van der Waals surface area (Å²) >= 11 is 0. The molecule has 0 aromatic carbocycles. The van der Waals surface area contributed by atoms with Crippen molar-refractivity contribution in [1.29, 1.82) is 0 Å². The van der Waals surface area contributed by atoms with E-state index in [1.54, 1.807) is 19.3 Å². The van der Waals surface area contributed by atoms with E-state index in [1.807, 2.05) is 0 Å². The average molecular weight is 227 g/mol. The van der Waals surface area contributed by atoms with E-state index >= 15 is 0 Å². The summed E-state index contributed by atoms with van der Waals surface area (Å²) < 4.78 is 4.63. The van der Waals surface area contributed by atoms with Crippen molar-refractivity contribution < 1.29 is 19.4 Å². The minimum absolute atomic E-state index is 0.268. The zero-order chi connectivity index (χ0) is 12.0. The highest BCUT2D eigenvalue weighted by Crippen LogP contribution is 2.04. The number of hydrogen-bond acceptors (Lipinski definition) is 4. The lowest BCUT2D eigenvalue weighted by Crippen LogP contribution is -2.31. The lowest BCUT2D eigenvalue weighted by Gasteiger charge is -2.10. The molecule has 0 aliphatic rings. The monoisotopic (exact) mass is 227 g/mol. The van der Waals surface area contributed by atoms with Crippen LogP contribution in [0.15, 0.2) is 12.4 Å². The maximum atomic E-state index is 11.3. The first-order valence-electron chi connectivity index (χ1n) is 4.67. The third-order valence-electron chi connectivity index (χ3n) is 1.77. The van der Waals surface area contributed by atoms with E-state index in [2.05, 4.69) is 20.0 Å². The number of nitrogens with one attached hydrogen (secondary N) is 2. The molecule has 0 aliphatic carbocycles. The van der Waals surface area contributed by atoms with Crippen LogP contribution in [0.3, 0.4) is 0 Å². The Morgan fingerprint density at radius 2 is 2.38 bits per heavy atom. The quantitative estimate of drug-likeness (QED) is 0.618. The molecular weight excluding hydrogens is 214 g/mol. The van der Waals surface area contributed by atoms with Crippen LogP contribution in [0.5, 0.6) is 0 Å². The Labute approximate surface area is 91.8 Å². The van der Waals surface area contributed by atoms with E-state index in [0.29, 0.717) is 5.82 Å². The van der Waals surface area contributed by atoms with Crippen LogP contribution < -0.4 is 5.32 Å². The minimum atomic E-state index is -1.10. The van der Waals surface area contributed by atoms with Gasteiger partial charge in [0.05, 0.1) is 6.04 Å². The number of aromatic nitrogens is 2. The number of carboxylic acid groups (broad SMARTS) is 1. The van der Waals surface area contributed by atoms with E-state index in [0.717, 1.165) is 0 Å². The Morgan fingerprint density at radius 1 is 1.62 bits per heavy atom. The number of aromatic amines is 1. The van der Waals surface area contributed by atoms with Crippen molar-refractivity contribution in [3.63, 3.8) is 0 Å². The smallest absolute Gasteiger partial charge is 0.329 e. The number of ether oxygens (including phenoxy) is 1. The second-order valence-electron chi connectivity index (χ2n) is 3.15. The molecule has 0 aliphatic heterocycles. The molecule has 1 amide bonds. The zero-order valence-corrected chi connectivity index (χ0v) is 8.77. The maximum Gasteiger partial charge on any atom is 0.329 e. The number of hydrogen-bond donors (Lipinski definition) is 3. The van der Waals surface area contributed by atoms with Gasteiger partial charge in [0.1, 0.15) is 19.0 Å². The van der Waals surface area contributed by atoms with Gasteiger partial charge < -0.3 is 20.1 Å². The highest BCUT2D eigenvalue weighted by atomic mass is 16.5. The van der Waals surface area contributed by atoms with Gasteiger partial charge in [-0.2, -0.15) is 0 Å². The van der Waals surface area contributed by atoms with E-state index < -0.39 is 12.6 Å². The predicted octanol–water partition coefficient (Wildman–Crippen LogP) is -0.312. The van der Waals surface area contributed by atoms with Gasteiger partial charge >= 0.3 is 5.97 Å². The number of aliphatic carboxylic acids is 1. The number of rotatable bonds is 6. The van der Waals surface area contributed by atoms with Gasteiger partial charge in [-0.3, -0.25) is 4.79 Å². The summed E-state index contributed by atoms with van der Waals surface area (Å²) in [5, 5.41) is 10.9. The zero-order valence-electron chi connectivity index (χ0n) is 8.77. The summed E-state index contributed by atoms with van der Waals surface area (Å²) in [6.07, 6.45) is 3.23. The Bertz CT molecular complexity index is 350. The Kier molecular flexibility index (Phi) is 4.46. The summed E-state index contributed by atoms with van der Waals surface area (Å²) in [4.78, 5) is 28.2. The van der Waals surface area contributed by atoms with Gasteiger partial charge in [-0.05, 0) is 6.92 Å². The van der Waals surface area contributed by atoms with Crippen LogP contribution in [0.1, 0.15) is 18.8 Å². The standard InChI is InChI=1S/C9H13N3O4/c1-6(9-10-2-3-11-9)12-7(13)4-16-5-8(14)15/h2-3,6H,4-5H2,1H3,(H,10,11)(H,12,13)(H,14,15). The van der Waals surface area contributed by atoms with Crippen LogP contribution >= 0.6 is 0 Å². The van der Waals surface area contributed by atoms with Crippen molar-refractivity contribution >= 4 is 11.9 Å². The number of H-pyrrole nitrogens is 1. The molecule has 88 valence electrons. The fourth-order valence-corrected chi connectivity index (χ4v) is 1.10. The van der Waals surface area contributed by atoms with E-state index in [-0.39, 0.29) is 18.6 Å². The summed E-state index contributed by atoms with van der Waals surface area (Å²) in [5.41, 5.74) is 0. The van der Waals surface area contributed by atoms with Crippen molar-refractivity contribution in [1.82, 2.24) is 15.3 Å². The van der Waals surface area contributed by atoms with Crippen LogP contribution in [0.4, 0.5) is 0 Å². The third-order valence-corrected chi connectivity index (χ3v) is 1.77. The van der Waals surface area contributed by atoms with Gasteiger partial charge in [0.15, 0.2) is 0 Å². The summed E-state index contributed by atoms with van der Waals surface area (Å²) in [7, 11) is 0. The second-order valence-corrected chi connectivity index (χ2v) is 3.15. The molecule has 16 heavy (non-hydrogen) atoms. The molecule has 1 rings (SSSR count). The Hall–Kier alpha value is -1.89. The van der Waals surface area contributed by atoms with E-state index in [4.69, 9.17) is 5.11 Å². The van der Waals surface area contributed by atoms with Gasteiger partial charge in [-0.25, -0.2) is 9.78 Å². The summed E-state index contributed by atoms with van der Waals surface area (Å²) in [6.45, 7) is 0.994. The lowest BCUT2D eigenvalue weighted by molar-refractivity contribution is -0.143. The molecule has 0 radical (unpaired) electrons. The predicted molar refractivity (Wildman–Crippen MR) is 53.6 cm³/mol. The molecule has 3 N–H and O–H groups in total. The first kappa shape index (κ1) is 12.2. The number of carbonyl (C=O) groups excluding carboxylic acids is 1. The molecule has 0 fully saturated rings. The topological polar surface area (TPSA) is 104 Å². The molecule has 7 heteroatoms. The molecule has 7 nitrogen and oxygen atoms in total. The molecule has 1 atom stereocenters. The van der Waals surface area contributed by atoms with Crippen LogP contribution in [-0.4, -0.2) is 40.2 Å². The van der Waals surface area contributed by atoms with Gasteiger partial charge in [0.2, 0.25) is 5.91 Å². The molecule has 0 spiro atoms. The van der Waals surface area contributed by atoms with Crippen molar-refractivity contribution in [2.75, 3.05) is 13.2 Å². The minimum Gasteiger partial charge on any atom is -0.480 e. The molecule has 1 aromatic heterocycles. The third kappa shape index (κ3) is 4.09. The van der Waals surface area contributed by atoms with Crippen molar-refractivity contribution in [3.05, 3.63) is 18.2 Å². The second kappa shape index (κ2) is 5.86. The molecule has 1 unspecified atom stereocenters. The Morgan fingerprint density at radius 3 is 2.94 bits per heavy atom. The summed E-state index contributed by atoms with van der Waals surface area (Å²) in [6, 6.07) is -0.268. The van der Waals surface area contributed by atoms with Gasteiger partial charge in [-0.15, -0.1) is 0 Å². The molecule has 1 aromatic rings. The van der Waals surface area contributed by atoms with Gasteiger partial charge in [-0.1, -0.05) is 0 Å². The number of nitrogens with zero attached hydrogens (tertiary/aromatic N) is 1. The molecule has 0 bridgehead atoms. The fourth-order valence-electron chi connectivity index (χ4n) is 1.10. The van der Waals surface area contributed by atoms with Crippen molar-refractivity contribution in [2.45, 2.75) is 13.0 Å². The van der Waals surface area contributed by atoms with Crippen LogP contribution in [-0.2, 0) is 14.3 Å². The number of imidazole rings is 1. The maximum absolute atomic E-state index is 11.3. The average Bonchev–Trinajstić information content (AvgIpc) is 2.69. The van der Waals surface area contributed by atoms with E-state index in [1.165, 1.54) is 0 Å². The van der Waals surface area contributed by atoms with E-state index in [9.17, 15) is 9.59 Å². The first-order chi connectivity index (χ1) is 7.59. The molecule has 1 heterocycles. The molecular formula is C9H13N3O4. The normalized spacial score (nSPS) is 12.1. The molecule has 0 saturated heterocycles. The van der Waals surface area contributed by atoms with Gasteiger partial charge in [0.25, 0.3) is 0 Å². The fraction of sp³-hybridized carbons (Fsp3) is 0.444. The largest absolute Gasteiger partial charge is 0.480 e. The van der Waals surface area contributed by atoms with Crippen LogP contribution in [0.25, 0.3) is 0 Å². The number of carboxylic acids is 1. The van der Waals surface area contributed by atoms with Crippen molar-refractivity contribution in [2.24, 2.45) is 0 Å². The highest BCUT2D eigenvalue weighted by molar-refractivity contribution is 5.78. The van der Waals surface area contributed by atoms with Crippen molar-refractivity contribution in [3.8, 4) is 0 Å². The summed E-state index contributed by atoms with van der Waals surface area (Å²) in [5.74, 6) is -0.858. The van der Waals surface area contributed by atoms with Crippen LogP contribution in [0, 0.1) is 0 Å². The Balaban J connectivity index is 2.26. The highest BCUT2D eigenvalue weighted by Gasteiger charge is 2.11. The van der Waals surface area contributed by atoms with Crippen LogP contribution in [0.2, 0.25) is 0 Å². The molecule has 0 saturated carbocycles. The number of amides is 1. The number of carbonyl (C=O) groups is 2. The first-order valence-corrected chi connectivity index (χ1v) is 4.67. The SMILES string of the molecule is CC(NC(=O)COCC(=O)O)c1ncc[nH]1.